The first-order chi connectivity index (χ1) is 12.5. The maximum Gasteiger partial charge on any atom is 0.303 e. The second kappa shape index (κ2) is 11.9. The van der Waals surface area contributed by atoms with Crippen molar-refractivity contribution in [2.45, 2.75) is 86.4 Å². The second-order valence-electron chi connectivity index (χ2n) is 7.57. The first-order valence-electron chi connectivity index (χ1n) is 9.89. The predicted molar refractivity (Wildman–Crippen MR) is 109 cm³/mol. The minimum absolute atomic E-state index is 0.0273. The number of carbonyl (C=O) groups is 1. The quantitative estimate of drug-likeness (QED) is 0.568. The van der Waals surface area contributed by atoms with Crippen molar-refractivity contribution >= 4 is 5.97 Å². The van der Waals surface area contributed by atoms with Gasteiger partial charge in [-0.2, -0.15) is 0 Å². The van der Waals surface area contributed by atoms with Gasteiger partial charge in [0, 0.05) is 25.5 Å². The average Bonchev–Trinajstić information content (AvgIpc) is 2.57. The molecular formula is C22H38O5. The van der Waals surface area contributed by atoms with Gasteiger partial charge >= 0.3 is 5.97 Å². The SMILES string of the molecule is CC.CC(=O)OC(C)(C)C.CCCO[C@@H]1Cc2c(ccc(O)c2O)C[C@H]1C. The van der Waals surface area contributed by atoms with Crippen molar-refractivity contribution in [1.82, 2.24) is 0 Å². The zero-order valence-electron chi connectivity index (χ0n) is 18.3. The Balaban J connectivity index is 0.000000574. The molecule has 2 atom stereocenters. The highest BCUT2D eigenvalue weighted by Crippen LogP contribution is 2.38. The zero-order valence-corrected chi connectivity index (χ0v) is 18.3. The van der Waals surface area contributed by atoms with Gasteiger partial charge in [-0.05, 0) is 51.2 Å². The van der Waals surface area contributed by atoms with E-state index in [1.165, 1.54) is 6.92 Å². The lowest BCUT2D eigenvalue weighted by molar-refractivity contribution is -0.151. The summed E-state index contributed by atoms with van der Waals surface area (Å²) in [6.45, 7) is 15.9. The van der Waals surface area contributed by atoms with Crippen LogP contribution in [0.1, 0.15) is 72.9 Å². The third-order valence-corrected chi connectivity index (χ3v) is 3.93. The van der Waals surface area contributed by atoms with E-state index in [1.54, 1.807) is 6.07 Å². The molecule has 156 valence electrons. The number of phenols is 2. The van der Waals surface area contributed by atoms with Crippen LogP contribution in [0.2, 0.25) is 0 Å². The van der Waals surface area contributed by atoms with E-state index >= 15 is 0 Å². The predicted octanol–water partition coefficient (Wildman–Crippen LogP) is 5.00. The van der Waals surface area contributed by atoms with Crippen molar-refractivity contribution in [3.8, 4) is 11.5 Å². The maximum atomic E-state index is 10.2. The van der Waals surface area contributed by atoms with E-state index in [0.29, 0.717) is 12.3 Å². The van der Waals surface area contributed by atoms with Gasteiger partial charge in [0.2, 0.25) is 0 Å². The summed E-state index contributed by atoms with van der Waals surface area (Å²) in [5.74, 6) is 0.225. The number of ether oxygens (including phenoxy) is 2. The Morgan fingerprint density at radius 1 is 1.19 bits per heavy atom. The minimum atomic E-state index is -0.328. The molecule has 0 amide bonds. The topological polar surface area (TPSA) is 76.0 Å². The molecule has 0 radical (unpaired) electrons. The van der Waals surface area contributed by atoms with Crippen molar-refractivity contribution in [3.05, 3.63) is 23.3 Å². The van der Waals surface area contributed by atoms with Crippen LogP contribution in [-0.4, -0.2) is 34.5 Å². The van der Waals surface area contributed by atoms with Crippen LogP contribution in [0.4, 0.5) is 0 Å². The van der Waals surface area contributed by atoms with Gasteiger partial charge in [-0.25, -0.2) is 0 Å². The number of rotatable bonds is 3. The highest BCUT2D eigenvalue weighted by Gasteiger charge is 2.28. The van der Waals surface area contributed by atoms with Crippen LogP contribution in [-0.2, 0) is 27.1 Å². The Morgan fingerprint density at radius 2 is 1.78 bits per heavy atom. The number of aromatic hydroxyl groups is 2. The minimum Gasteiger partial charge on any atom is -0.504 e. The van der Waals surface area contributed by atoms with E-state index in [0.717, 1.165) is 30.6 Å². The third-order valence-electron chi connectivity index (χ3n) is 3.93. The van der Waals surface area contributed by atoms with Crippen LogP contribution >= 0.6 is 0 Å². The monoisotopic (exact) mass is 382 g/mol. The fourth-order valence-corrected chi connectivity index (χ4v) is 2.89. The normalized spacial score (nSPS) is 18.2. The Morgan fingerprint density at radius 3 is 2.22 bits per heavy atom. The highest BCUT2D eigenvalue weighted by molar-refractivity contribution is 5.66. The van der Waals surface area contributed by atoms with Gasteiger partial charge in [0.1, 0.15) is 5.60 Å². The van der Waals surface area contributed by atoms with Crippen molar-refractivity contribution in [3.63, 3.8) is 0 Å². The standard InChI is InChI=1S/C14H20O3.C6H12O2.C2H6/c1-3-6-17-13-8-11-10(7-9(13)2)4-5-12(15)14(11)16;1-5(7)8-6(2,3)4;1-2/h4-5,9,13,15-16H,3,6-8H2,1-2H3;1-4H3;1-2H3/t9-,13-;;/m1../s1. The molecule has 0 fully saturated rings. The largest absolute Gasteiger partial charge is 0.504 e. The smallest absolute Gasteiger partial charge is 0.303 e. The second-order valence-corrected chi connectivity index (χ2v) is 7.57. The van der Waals surface area contributed by atoms with Crippen LogP contribution in [0.25, 0.3) is 0 Å². The molecule has 0 aliphatic heterocycles. The van der Waals surface area contributed by atoms with Gasteiger partial charge in [-0.15, -0.1) is 0 Å². The number of esters is 1. The van der Waals surface area contributed by atoms with Crippen LogP contribution in [0.15, 0.2) is 12.1 Å². The number of hydrogen-bond donors (Lipinski definition) is 2. The summed E-state index contributed by atoms with van der Waals surface area (Å²) in [6, 6.07) is 3.46. The van der Waals surface area contributed by atoms with E-state index in [2.05, 4.69) is 13.8 Å². The molecule has 0 saturated heterocycles. The number of hydrogen-bond acceptors (Lipinski definition) is 5. The fraction of sp³-hybridized carbons (Fsp3) is 0.682. The number of benzene rings is 1. The molecule has 1 aromatic carbocycles. The highest BCUT2D eigenvalue weighted by atomic mass is 16.6. The maximum absolute atomic E-state index is 10.2. The van der Waals surface area contributed by atoms with E-state index in [9.17, 15) is 15.0 Å². The van der Waals surface area contributed by atoms with Gasteiger partial charge in [-0.1, -0.05) is 33.8 Å². The number of carbonyl (C=O) groups excluding carboxylic acids is 1. The summed E-state index contributed by atoms with van der Waals surface area (Å²) in [7, 11) is 0. The fourth-order valence-electron chi connectivity index (χ4n) is 2.89. The van der Waals surface area contributed by atoms with Crippen LogP contribution in [0, 0.1) is 5.92 Å². The van der Waals surface area contributed by atoms with E-state index in [4.69, 9.17) is 9.47 Å². The molecule has 5 heteroatoms. The van der Waals surface area contributed by atoms with Crippen LogP contribution in [0.3, 0.4) is 0 Å². The van der Waals surface area contributed by atoms with Gasteiger partial charge in [0.05, 0.1) is 6.10 Å². The molecule has 2 rings (SSSR count). The summed E-state index contributed by atoms with van der Waals surface area (Å²) in [5.41, 5.74) is 1.65. The lowest BCUT2D eigenvalue weighted by Gasteiger charge is -2.31. The zero-order chi connectivity index (χ0) is 21.2. The molecule has 1 aliphatic carbocycles. The molecule has 27 heavy (non-hydrogen) atoms. The number of phenolic OH excluding ortho intramolecular Hbond substituents is 2. The molecule has 0 bridgehead atoms. The molecule has 1 aliphatic rings. The van der Waals surface area contributed by atoms with Gasteiger partial charge < -0.3 is 19.7 Å². The van der Waals surface area contributed by atoms with Crippen molar-refractivity contribution in [2.75, 3.05) is 6.61 Å². The van der Waals surface area contributed by atoms with Crippen molar-refractivity contribution < 1.29 is 24.5 Å². The Labute approximate surface area is 164 Å². The molecule has 2 N–H and O–H groups in total. The molecular weight excluding hydrogens is 344 g/mol. The summed E-state index contributed by atoms with van der Waals surface area (Å²) in [5, 5.41) is 19.4. The van der Waals surface area contributed by atoms with E-state index in [-0.39, 0.29) is 29.2 Å². The van der Waals surface area contributed by atoms with E-state index in [1.807, 2.05) is 40.7 Å². The summed E-state index contributed by atoms with van der Waals surface area (Å²) in [4.78, 5) is 10.2. The molecule has 0 unspecified atom stereocenters. The lowest BCUT2D eigenvalue weighted by Crippen LogP contribution is -2.31. The van der Waals surface area contributed by atoms with Crippen LogP contribution in [0.5, 0.6) is 11.5 Å². The molecule has 0 aromatic heterocycles. The lowest BCUT2D eigenvalue weighted by atomic mass is 9.82. The average molecular weight is 383 g/mol. The summed E-state index contributed by atoms with van der Waals surface area (Å²) in [6.07, 6.45) is 2.74. The molecule has 1 aromatic rings. The number of fused-ring (bicyclic) bond motifs is 1. The molecule has 0 saturated carbocycles. The van der Waals surface area contributed by atoms with Gasteiger partial charge in [-0.3, -0.25) is 4.79 Å². The first kappa shape index (κ1) is 25.2. The Bertz CT molecular complexity index is 575. The van der Waals surface area contributed by atoms with Gasteiger partial charge in [0.25, 0.3) is 0 Å². The van der Waals surface area contributed by atoms with Crippen molar-refractivity contribution in [2.24, 2.45) is 5.92 Å². The van der Waals surface area contributed by atoms with Crippen LogP contribution < -0.4 is 0 Å². The Hall–Kier alpha value is -1.75. The van der Waals surface area contributed by atoms with Crippen molar-refractivity contribution in [1.29, 1.82) is 0 Å². The van der Waals surface area contributed by atoms with E-state index < -0.39 is 0 Å². The Kier molecular flexibility index (Phi) is 11.1. The summed E-state index contributed by atoms with van der Waals surface area (Å²) < 4.78 is 10.6. The first-order valence-corrected chi connectivity index (χ1v) is 9.89. The van der Waals surface area contributed by atoms with Gasteiger partial charge in [0.15, 0.2) is 11.5 Å². The third kappa shape index (κ3) is 9.14. The molecule has 0 heterocycles. The molecule has 5 nitrogen and oxygen atoms in total. The summed E-state index contributed by atoms with van der Waals surface area (Å²) >= 11 is 0. The molecule has 0 spiro atoms.